The van der Waals surface area contributed by atoms with Gasteiger partial charge >= 0.3 is 0 Å². The number of amides is 1. The van der Waals surface area contributed by atoms with Crippen LogP contribution < -0.4 is 5.32 Å². The number of hydrogen-bond donors (Lipinski definition) is 3. The number of nitrogens with zero attached hydrogens (tertiary/aromatic N) is 4. The van der Waals surface area contributed by atoms with Crippen molar-refractivity contribution in [1.82, 2.24) is 14.8 Å². The summed E-state index contributed by atoms with van der Waals surface area (Å²) < 4.78 is 1.64. The van der Waals surface area contributed by atoms with Crippen LogP contribution in [0.15, 0.2) is 70.2 Å². The van der Waals surface area contributed by atoms with Crippen molar-refractivity contribution in [3.8, 4) is 5.88 Å². The number of anilines is 1. The van der Waals surface area contributed by atoms with Gasteiger partial charge in [0.1, 0.15) is 11.5 Å². The SMILES string of the molecule is CCn1nc(C)cc1C(=O)Nc1cccc(C(=O)c2ccc3[nH]c(O)c(C=NC4=NCC(C)=C4)c3c2)c1. The molecule has 186 valence electrons. The van der Waals surface area contributed by atoms with Crippen LogP contribution in [-0.4, -0.2) is 50.2 Å². The van der Waals surface area contributed by atoms with E-state index in [0.29, 0.717) is 57.9 Å². The molecule has 2 aromatic heterocycles. The highest BCUT2D eigenvalue weighted by Gasteiger charge is 2.17. The van der Waals surface area contributed by atoms with Crippen LogP contribution in [0.3, 0.4) is 0 Å². The molecule has 4 aromatic rings. The fourth-order valence-electron chi connectivity index (χ4n) is 4.27. The molecule has 1 aliphatic heterocycles. The van der Waals surface area contributed by atoms with Crippen molar-refractivity contribution >= 4 is 40.3 Å². The minimum absolute atomic E-state index is 0.0334. The summed E-state index contributed by atoms with van der Waals surface area (Å²) in [7, 11) is 0. The largest absolute Gasteiger partial charge is 0.494 e. The number of hydrogen-bond acceptors (Lipinski definition) is 6. The standard InChI is InChI=1S/C28H26N6O3/c1-4-34-24(11-17(3)33-34)28(37)31-20-7-5-6-18(12-20)26(35)19-8-9-23-21(13-19)22(27(36)32-23)15-30-25-10-16(2)14-29-25/h5-13,15,32,36H,4,14H2,1-3H3,(H,31,37). The number of ketones is 1. The van der Waals surface area contributed by atoms with E-state index in [1.54, 1.807) is 59.4 Å². The van der Waals surface area contributed by atoms with Crippen molar-refractivity contribution in [1.29, 1.82) is 0 Å². The number of aryl methyl sites for hydroxylation is 2. The fourth-order valence-corrected chi connectivity index (χ4v) is 4.27. The van der Waals surface area contributed by atoms with Crippen LogP contribution in [0.2, 0.25) is 0 Å². The smallest absolute Gasteiger partial charge is 0.273 e. The Morgan fingerprint density at radius 2 is 1.97 bits per heavy atom. The third-order valence-corrected chi connectivity index (χ3v) is 6.09. The van der Waals surface area contributed by atoms with Crippen LogP contribution in [0.4, 0.5) is 5.69 Å². The molecule has 9 heteroatoms. The molecule has 0 fully saturated rings. The van der Waals surface area contributed by atoms with Gasteiger partial charge in [-0.1, -0.05) is 12.1 Å². The fraction of sp³-hybridized carbons (Fsp3) is 0.179. The molecule has 9 nitrogen and oxygen atoms in total. The number of H-pyrrole nitrogens is 1. The molecule has 5 rings (SSSR count). The lowest BCUT2D eigenvalue weighted by Crippen LogP contribution is -2.17. The Morgan fingerprint density at radius 1 is 1.16 bits per heavy atom. The first kappa shape index (κ1) is 23.9. The lowest BCUT2D eigenvalue weighted by Gasteiger charge is -2.08. The molecular formula is C28H26N6O3. The number of aromatic hydroxyl groups is 1. The molecule has 0 saturated carbocycles. The minimum atomic E-state index is -0.294. The van der Waals surface area contributed by atoms with Crippen molar-refractivity contribution in [3.05, 3.63) is 88.3 Å². The quantitative estimate of drug-likeness (QED) is 0.266. The van der Waals surface area contributed by atoms with Crippen LogP contribution in [0.1, 0.15) is 51.5 Å². The molecule has 0 atom stereocenters. The van der Waals surface area contributed by atoms with Crippen LogP contribution >= 0.6 is 0 Å². The van der Waals surface area contributed by atoms with Crippen molar-refractivity contribution in [2.24, 2.45) is 9.98 Å². The highest BCUT2D eigenvalue weighted by molar-refractivity contribution is 6.14. The zero-order chi connectivity index (χ0) is 26.1. The van der Waals surface area contributed by atoms with Gasteiger partial charge in [0, 0.05) is 40.5 Å². The number of carbonyl (C=O) groups is 2. The third kappa shape index (κ3) is 4.84. The number of aromatic amines is 1. The first-order chi connectivity index (χ1) is 17.8. The molecule has 1 amide bonds. The average Bonchev–Trinajstić information content (AvgIpc) is 3.57. The molecule has 0 spiro atoms. The number of amidine groups is 1. The summed E-state index contributed by atoms with van der Waals surface area (Å²) in [5.74, 6) is 0.0512. The number of benzene rings is 2. The molecule has 0 bridgehead atoms. The van der Waals surface area contributed by atoms with Crippen LogP contribution in [0.25, 0.3) is 10.9 Å². The zero-order valence-corrected chi connectivity index (χ0v) is 20.7. The summed E-state index contributed by atoms with van der Waals surface area (Å²) in [5.41, 5.74) is 4.87. The number of aliphatic imine (C=N–C) groups is 2. The van der Waals surface area contributed by atoms with Crippen molar-refractivity contribution in [2.75, 3.05) is 11.9 Å². The molecular weight excluding hydrogens is 468 g/mol. The van der Waals surface area contributed by atoms with Gasteiger partial charge in [-0.15, -0.1) is 0 Å². The summed E-state index contributed by atoms with van der Waals surface area (Å²) in [6.07, 6.45) is 3.44. The van der Waals surface area contributed by atoms with E-state index >= 15 is 0 Å². The average molecular weight is 495 g/mol. The molecule has 0 saturated heterocycles. The highest BCUT2D eigenvalue weighted by atomic mass is 16.3. The molecule has 37 heavy (non-hydrogen) atoms. The summed E-state index contributed by atoms with van der Waals surface area (Å²) >= 11 is 0. The summed E-state index contributed by atoms with van der Waals surface area (Å²) in [5, 5.41) is 18.3. The molecule has 1 aliphatic rings. The topological polar surface area (TPSA) is 125 Å². The predicted molar refractivity (Wildman–Crippen MR) is 144 cm³/mol. The van der Waals surface area contributed by atoms with Crippen molar-refractivity contribution in [2.45, 2.75) is 27.3 Å². The maximum atomic E-state index is 13.4. The van der Waals surface area contributed by atoms with Gasteiger partial charge in [-0.25, -0.2) is 4.99 Å². The second-order valence-electron chi connectivity index (χ2n) is 8.92. The predicted octanol–water partition coefficient (Wildman–Crippen LogP) is 4.66. The van der Waals surface area contributed by atoms with Crippen LogP contribution in [0, 0.1) is 6.92 Å². The van der Waals surface area contributed by atoms with E-state index in [4.69, 9.17) is 0 Å². The van der Waals surface area contributed by atoms with Crippen molar-refractivity contribution in [3.63, 3.8) is 0 Å². The van der Waals surface area contributed by atoms with Crippen LogP contribution in [-0.2, 0) is 6.54 Å². The van der Waals surface area contributed by atoms with Gasteiger partial charge in [-0.3, -0.25) is 19.3 Å². The van der Waals surface area contributed by atoms with E-state index < -0.39 is 0 Å². The molecule has 0 unspecified atom stereocenters. The number of rotatable bonds is 6. The Kier molecular flexibility index (Phi) is 6.27. The molecule has 2 aromatic carbocycles. The number of nitrogens with one attached hydrogen (secondary N) is 2. The van der Waals surface area contributed by atoms with E-state index in [1.165, 1.54) is 0 Å². The molecule has 0 aliphatic carbocycles. The molecule has 0 radical (unpaired) electrons. The Balaban J connectivity index is 1.41. The Morgan fingerprint density at radius 3 is 2.73 bits per heavy atom. The zero-order valence-electron chi connectivity index (χ0n) is 20.7. The summed E-state index contributed by atoms with van der Waals surface area (Å²) in [4.78, 5) is 37.8. The van der Waals surface area contributed by atoms with Crippen molar-refractivity contribution < 1.29 is 14.7 Å². The maximum Gasteiger partial charge on any atom is 0.273 e. The van der Waals surface area contributed by atoms with Gasteiger partial charge in [0.25, 0.3) is 5.91 Å². The maximum absolute atomic E-state index is 13.4. The Hall–Kier alpha value is -4.79. The minimum Gasteiger partial charge on any atom is -0.494 e. The second kappa shape index (κ2) is 9.69. The normalized spacial score (nSPS) is 13.3. The van der Waals surface area contributed by atoms with Gasteiger partial charge in [0.05, 0.1) is 17.8 Å². The van der Waals surface area contributed by atoms with E-state index in [1.807, 2.05) is 26.8 Å². The number of carbonyl (C=O) groups excluding carboxylic acids is 2. The lowest BCUT2D eigenvalue weighted by atomic mass is 10.0. The highest BCUT2D eigenvalue weighted by Crippen LogP contribution is 2.28. The van der Waals surface area contributed by atoms with E-state index in [2.05, 4.69) is 25.4 Å². The Labute approximate surface area is 213 Å². The third-order valence-electron chi connectivity index (χ3n) is 6.09. The van der Waals surface area contributed by atoms with Gasteiger partial charge in [0.2, 0.25) is 0 Å². The second-order valence-corrected chi connectivity index (χ2v) is 8.92. The van der Waals surface area contributed by atoms with Gasteiger partial charge in [-0.2, -0.15) is 5.10 Å². The van der Waals surface area contributed by atoms with E-state index in [0.717, 1.165) is 11.3 Å². The van der Waals surface area contributed by atoms with E-state index in [9.17, 15) is 14.7 Å². The first-order valence-corrected chi connectivity index (χ1v) is 11.9. The molecule has 3 heterocycles. The summed E-state index contributed by atoms with van der Waals surface area (Å²) in [6, 6.07) is 13.7. The first-order valence-electron chi connectivity index (χ1n) is 11.9. The summed E-state index contributed by atoms with van der Waals surface area (Å²) in [6.45, 7) is 6.92. The lowest BCUT2D eigenvalue weighted by molar-refractivity contribution is 0.101. The van der Waals surface area contributed by atoms with Crippen LogP contribution in [0.5, 0.6) is 5.88 Å². The van der Waals surface area contributed by atoms with E-state index in [-0.39, 0.29) is 17.6 Å². The number of fused-ring (bicyclic) bond motifs is 1. The molecule has 3 N–H and O–H groups in total. The Bertz CT molecular complexity index is 1640. The van der Waals surface area contributed by atoms with Gasteiger partial charge in [0.15, 0.2) is 11.7 Å². The number of aromatic nitrogens is 3. The van der Waals surface area contributed by atoms with Gasteiger partial charge < -0.3 is 15.4 Å². The van der Waals surface area contributed by atoms with Gasteiger partial charge in [-0.05, 0) is 68.8 Å². The monoisotopic (exact) mass is 494 g/mol.